The number of nitrogens with zero attached hydrogens (tertiary/aromatic N) is 1. The number of hydrogen-bond acceptors (Lipinski definition) is 3. The van der Waals surface area contributed by atoms with Crippen LogP contribution in [0.4, 0.5) is 5.82 Å². The van der Waals surface area contributed by atoms with Crippen LogP contribution in [0.2, 0.25) is 0 Å². The van der Waals surface area contributed by atoms with Gasteiger partial charge in [0, 0.05) is 18.7 Å². The number of amides is 1. The van der Waals surface area contributed by atoms with Crippen LogP contribution in [0.1, 0.15) is 32.3 Å². The molecule has 0 radical (unpaired) electrons. The predicted octanol–water partition coefficient (Wildman–Crippen LogP) is 1.91. The number of hydrogen-bond donors (Lipinski definition) is 2. The van der Waals surface area contributed by atoms with Crippen molar-refractivity contribution in [2.75, 3.05) is 5.32 Å². The molecule has 16 heavy (non-hydrogen) atoms. The van der Waals surface area contributed by atoms with Crippen molar-refractivity contribution in [3.63, 3.8) is 0 Å². The van der Waals surface area contributed by atoms with Crippen molar-refractivity contribution in [3.8, 4) is 0 Å². The first-order valence-corrected chi connectivity index (χ1v) is 5.67. The summed E-state index contributed by atoms with van der Waals surface area (Å²) in [7, 11) is 0. The van der Waals surface area contributed by atoms with Crippen LogP contribution >= 0.6 is 0 Å². The van der Waals surface area contributed by atoms with Gasteiger partial charge in [-0.2, -0.15) is 0 Å². The molecular formula is C12H19N3O. The molecule has 4 nitrogen and oxygen atoms in total. The maximum Gasteiger partial charge on any atom is 0.228 e. The lowest BCUT2D eigenvalue weighted by Gasteiger charge is -2.12. The molecule has 1 heterocycles. The third kappa shape index (κ3) is 3.31. The molecule has 88 valence electrons. The molecule has 0 spiro atoms. The van der Waals surface area contributed by atoms with E-state index in [0.29, 0.717) is 12.4 Å². The molecule has 0 atom stereocenters. The topological polar surface area (TPSA) is 68.0 Å². The molecular weight excluding hydrogens is 202 g/mol. The van der Waals surface area contributed by atoms with Gasteiger partial charge in [0.15, 0.2) is 0 Å². The molecule has 0 aliphatic rings. The van der Waals surface area contributed by atoms with Crippen LogP contribution < -0.4 is 11.1 Å². The first kappa shape index (κ1) is 12.6. The molecule has 0 aliphatic carbocycles. The highest BCUT2D eigenvalue weighted by Gasteiger charge is 2.14. The second kappa shape index (κ2) is 6.23. The van der Waals surface area contributed by atoms with E-state index in [2.05, 4.69) is 10.3 Å². The van der Waals surface area contributed by atoms with E-state index in [0.717, 1.165) is 18.4 Å². The lowest BCUT2D eigenvalue weighted by atomic mass is 10.0. The van der Waals surface area contributed by atoms with Gasteiger partial charge < -0.3 is 11.1 Å². The Bertz CT molecular complexity index is 348. The molecule has 1 amide bonds. The molecule has 1 aromatic rings. The summed E-state index contributed by atoms with van der Waals surface area (Å²) in [5, 5.41) is 2.81. The number of anilines is 1. The van der Waals surface area contributed by atoms with E-state index in [9.17, 15) is 4.79 Å². The second-order valence-electron chi connectivity index (χ2n) is 3.76. The Morgan fingerprint density at radius 2 is 2.19 bits per heavy atom. The van der Waals surface area contributed by atoms with Crippen LogP contribution in [0.3, 0.4) is 0 Å². The van der Waals surface area contributed by atoms with Gasteiger partial charge in [-0.05, 0) is 30.5 Å². The van der Waals surface area contributed by atoms with E-state index >= 15 is 0 Å². The van der Waals surface area contributed by atoms with Crippen LogP contribution in [0.15, 0.2) is 18.3 Å². The van der Waals surface area contributed by atoms with Crippen LogP contribution in [-0.2, 0) is 11.3 Å². The van der Waals surface area contributed by atoms with Crippen LogP contribution in [-0.4, -0.2) is 10.9 Å². The minimum Gasteiger partial charge on any atom is -0.326 e. The lowest BCUT2D eigenvalue weighted by Crippen LogP contribution is -2.22. The van der Waals surface area contributed by atoms with E-state index in [4.69, 9.17) is 5.73 Å². The van der Waals surface area contributed by atoms with Crippen molar-refractivity contribution in [2.24, 2.45) is 11.7 Å². The summed E-state index contributed by atoms with van der Waals surface area (Å²) in [6.07, 6.45) is 3.35. The fourth-order valence-electron chi connectivity index (χ4n) is 1.56. The molecule has 0 bridgehead atoms. The summed E-state index contributed by atoms with van der Waals surface area (Å²) in [6.45, 7) is 4.48. The van der Waals surface area contributed by atoms with Crippen molar-refractivity contribution in [1.82, 2.24) is 4.98 Å². The number of carbonyl (C=O) groups excluding carboxylic acids is 1. The minimum absolute atomic E-state index is 0.0340. The molecule has 0 unspecified atom stereocenters. The highest BCUT2D eigenvalue weighted by molar-refractivity contribution is 5.91. The zero-order valence-electron chi connectivity index (χ0n) is 9.86. The molecule has 0 saturated carbocycles. The number of nitrogens with two attached hydrogens (primary N) is 1. The molecule has 1 rings (SSSR count). The Labute approximate surface area is 96.3 Å². The number of carbonyl (C=O) groups is 1. The van der Waals surface area contributed by atoms with Gasteiger partial charge in [0.05, 0.1) is 0 Å². The summed E-state index contributed by atoms with van der Waals surface area (Å²) in [6, 6.07) is 3.65. The van der Waals surface area contributed by atoms with Crippen molar-refractivity contribution in [1.29, 1.82) is 0 Å². The minimum atomic E-state index is 0.0340. The maximum atomic E-state index is 11.8. The van der Waals surface area contributed by atoms with E-state index in [1.165, 1.54) is 0 Å². The number of aromatic nitrogens is 1. The van der Waals surface area contributed by atoms with E-state index in [1.807, 2.05) is 19.9 Å². The summed E-state index contributed by atoms with van der Waals surface area (Å²) < 4.78 is 0. The van der Waals surface area contributed by atoms with Gasteiger partial charge in [-0.25, -0.2) is 4.98 Å². The van der Waals surface area contributed by atoms with Gasteiger partial charge >= 0.3 is 0 Å². The maximum absolute atomic E-state index is 11.8. The number of nitrogens with one attached hydrogen (secondary N) is 1. The SMILES string of the molecule is CCC(CC)C(=O)Nc1cc(CN)ccn1. The summed E-state index contributed by atoms with van der Waals surface area (Å²) in [4.78, 5) is 15.9. The molecule has 0 saturated heterocycles. The van der Waals surface area contributed by atoms with Crippen LogP contribution in [0.5, 0.6) is 0 Å². The van der Waals surface area contributed by atoms with Gasteiger partial charge in [0.1, 0.15) is 5.82 Å². The largest absolute Gasteiger partial charge is 0.326 e. The fraction of sp³-hybridized carbons (Fsp3) is 0.500. The molecule has 0 aliphatic heterocycles. The zero-order valence-corrected chi connectivity index (χ0v) is 9.86. The van der Waals surface area contributed by atoms with Crippen LogP contribution in [0.25, 0.3) is 0 Å². The first-order valence-electron chi connectivity index (χ1n) is 5.67. The van der Waals surface area contributed by atoms with Gasteiger partial charge in [0.2, 0.25) is 5.91 Å². The Morgan fingerprint density at radius 1 is 1.50 bits per heavy atom. The fourth-order valence-corrected chi connectivity index (χ4v) is 1.56. The third-order valence-corrected chi connectivity index (χ3v) is 2.67. The lowest BCUT2D eigenvalue weighted by molar-refractivity contribution is -0.120. The highest BCUT2D eigenvalue weighted by Crippen LogP contribution is 2.12. The predicted molar refractivity (Wildman–Crippen MR) is 64.8 cm³/mol. The molecule has 3 N–H and O–H groups in total. The van der Waals surface area contributed by atoms with Crippen molar-refractivity contribution in [3.05, 3.63) is 23.9 Å². The Kier molecular flexibility index (Phi) is 4.92. The van der Waals surface area contributed by atoms with Crippen molar-refractivity contribution in [2.45, 2.75) is 33.2 Å². The standard InChI is InChI=1S/C12H19N3O/c1-3-10(4-2)12(16)15-11-7-9(8-13)5-6-14-11/h5-7,10H,3-4,8,13H2,1-2H3,(H,14,15,16). The summed E-state index contributed by atoms with van der Waals surface area (Å²) in [5.74, 6) is 0.676. The van der Waals surface area contributed by atoms with Gasteiger partial charge in [-0.3, -0.25) is 4.79 Å². The van der Waals surface area contributed by atoms with Crippen LogP contribution in [0, 0.1) is 5.92 Å². The molecule has 1 aromatic heterocycles. The Balaban J connectivity index is 2.68. The zero-order chi connectivity index (χ0) is 12.0. The summed E-state index contributed by atoms with van der Waals surface area (Å²) >= 11 is 0. The van der Waals surface area contributed by atoms with Gasteiger partial charge in [-0.15, -0.1) is 0 Å². The smallest absolute Gasteiger partial charge is 0.228 e. The number of pyridine rings is 1. The quantitative estimate of drug-likeness (QED) is 0.798. The molecule has 0 aromatic carbocycles. The Hall–Kier alpha value is -1.42. The molecule has 4 heteroatoms. The second-order valence-corrected chi connectivity index (χ2v) is 3.76. The first-order chi connectivity index (χ1) is 7.71. The van der Waals surface area contributed by atoms with Gasteiger partial charge in [-0.1, -0.05) is 13.8 Å². The van der Waals surface area contributed by atoms with Crippen molar-refractivity contribution >= 4 is 11.7 Å². The number of rotatable bonds is 5. The molecule has 0 fully saturated rings. The average Bonchev–Trinajstić information content (AvgIpc) is 2.31. The van der Waals surface area contributed by atoms with Crippen molar-refractivity contribution < 1.29 is 4.79 Å². The van der Waals surface area contributed by atoms with Gasteiger partial charge in [0.25, 0.3) is 0 Å². The van der Waals surface area contributed by atoms with E-state index in [1.54, 1.807) is 12.3 Å². The summed E-state index contributed by atoms with van der Waals surface area (Å²) in [5.41, 5.74) is 6.49. The normalized spacial score (nSPS) is 10.5. The van der Waals surface area contributed by atoms with E-state index < -0.39 is 0 Å². The third-order valence-electron chi connectivity index (χ3n) is 2.67. The monoisotopic (exact) mass is 221 g/mol. The Morgan fingerprint density at radius 3 is 2.75 bits per heavy atom. The van der Waals surface area contributed by atoms with E-state index in [-0.39, 0.29) is 11.8 Å². The average molecular weight is 221 g/mol. The highest BCUT2D eigenvalue weighted by atomic mass is 16.1.